The van der Waals surface area contributed by atoms with Crippen molar-refractivity contribution in [3.63, 3.8) is 0 Å². The van der Waals surface area contributed by atoms with Crippen molar-refractivity contribution in [2.24, 2.45) is 5.73 Å². The van der Waals surface area contributed by atoms with Crippen LogP contribution in [0.3, 0.4) is 0 Å². The van der Waals surface area contributed by atoms with Crippen LogP contribution in [0.4, 0.5) is 13.2 Å². The van der Waals surface area contributed by atoms with Crippen molar-refractivity contribution in [1.29, 1.82) is 0 Å². The van der Waals surface area contributed by atoms with Gasteiger partial charge < -0.3 is 10.6 Å². The van der Waals surface area contributed by atoms with Crippen LogP contribution in [0.5, 0.6) is 0 Å². The molecule has 2 aromatic rings. The van der Waals surface area contributed by atoms with E-state index in [4.69, 9.17) is 5.73 Å². The molecule has 0 aliphatic carbocycles. The Morgan fingerprint density at radius 1 is 1.14 bits per heavy atom. The average molecular weight is 308 g/mol. The highest BCUT2D eigenvalue weighted by atomic mass is 19.2. The summed E-state index contributed by atoms with van der Waals surface area (Å²) < 4.78 is 39.2. The van der Waals surface area contributed by atoms with Gasteiger partial charge in [0.1, 0.15) is 6.04 Å². The summed E-state index contributed by atoms with van der Waals surface area (Å²) in [6.07, 6.45) is 0. The molecule has 0 saturated carbocycles. The molecule has 2 rings (SSSR count). The van der Waals surface area contributed by atoms with Gasteiger partial charge in [0.2, 0.25) is 5.91 Å². The third-order valence-corrected chi connectivity index (χ3v) is 3.26. The summed E-state index contributed by atoms with van der Waals surface area (Å²) in [5.74, 6) is -4.51. The number of rotatable bonds is 4. The van der Waals surface area contributed by atoms with Gasteiger partial charge in [-0.1, -0.05) is 30.3 Å². The van der Waals surface area contributed by atoms with E-state index in [-0.39, 0.29) is 12.1 Å². The number of carbonyl (C=O) groups excluding carboxylic acids is 1. The van der Waals surface area contributed by atoms with Crippen LogP contribution in [0.1, 0.15) is 17.2 Å². The van der Waals surface area contributed by atoms with E-state index in [0.717, 1.165) is 12.1 Å². The molecule has 0 bridgehead atoms. The molecule has 0 heterocycles. The Balaban J connectivity index is 2.12. The largest absolute Gasteiger partial charge is 0.340 e. The number of likely N-dealkylation sites (N-methyl/N-ethyl adjacent to an activating group) is 1. The molecule has 0 aromatic heterocycles. The van der Waals surface area contributed by atoms with E-state index in [9.17, 15) is 18.0 Å². The normalized spacial score (nSPS) is 12.0. The monoisotopic (exact) mass is 308 g/mol. The van der Waals surface area contributed by atoms with E-state index >= 15 is 0 Å². The number of nitrogens with zero attached hydrogens (tertiary/aromatic N) is 1. The maximum absolute atomic E-state index is 13.2. The minimum Gasteiger partial charge on any atom is -0.340 e. The fourth-order valence-corrected chi connectivity index (χ4v) is 2.09. The molecule has 0 aliphatic heterocycles. The predicted octanol–water partition coefficient (Wildman–Crippen LogP) is 2.76. The van der Waals surface area contributed by atoms with Gasteiger partial charge >= 0.3 is 0 Å². The zero-order chi connectivity index (χ0) is 16.3. The molecular weight excluding hydrogens is 293 g/mol. The molecule has 1 unspecified atom stereocenters. The van der Waals surface area contributed by atoms with E-state index < -0.39 is 29.4 Å². The Morgan fingerprint density at radius 3 is 2.23 bits per heavy atom. The lowest BCUT2D eigenvalue weighted by Crippen LogP contribution is -2.35. The van der Waals surface area contributed by atoms with Gasteiger partial charge in [0, 0.05) is 13.6 Å². The molecule has 1 amide bonds. The summed E-state index contributed by atoms with van der Waals surface area (Å²) in [6, 6.07) is 9.59. The van der Waals surface area contributed by atoms with Gasteiger partial charge in [0.05, 0.1) is 0 Å². The van der Waals surface area contributed by atoms with Crippen LogP contribution in [-0.4, -0.2) is 17.9 Å². The Hall–Kier alpha value is -2.34. The van der Waals surface area contributed by atoms with Crippen molar-refractivity contribution in [2.45, 2.75) is 12.6 Å². The molecule has 6 heteroatoms. The van der Waals surface area contributed by atoms with E-state index in [1.807, 2.05) is 0 Å². The Morgan fingerprint density at radius 2 is 1.68 bits per heavy atom. The number of hydrogen-bond acceptors (Lipinski definition) is 2. The summed E-state index contributed by atoms with van der Waals surface area (Å²) in [6.45, 7) is -0.0759. The molecule has 0 spiro atoms. The Kier molecular flexibility index (Phi) is 4.82. The van der Waals surface area contributed by atoms with Crippen molar-refractivity contribution in [1.82, 2.24) is 4.90 Å². The number of nitrogens with two attached hydrogens (primary N) is 1. The van der Waals surface area contributed by atoms with Gasteiger partial charge in [-0.05, 0) is 23.3 Å². The molecular formula is C16H15F3N2O. The van der Waals surface area contributed by atoms with Gasteiger partial charge in [-0.15, -0.1) is 0 Å². The maximum Gasteiger partial charge on any atom is 0.244 e. The first-order chi connectivity index (χ1) is 10.4. The van der Waals surface area contributed by atoms with Crippen molar-refractivity contribution >= 4 is 5.91 Å². The van der Waals surface area contributed by atoms with Gasteiger partial charge in [-0.3, -0.25) is 4.79 Å². The quantitative estimate of drug-likeness (QED) is 0.883. The highest BCUT2D eigenvalue weighted by molar-refractivity contribution is 5.82. The molecule has 3 nitrogen and oxygen atoms in total. The minimum absolute atomic E-state index is 0.0759. The van der Waals surface area contributed by atoms with Gasteiger partial charge in [0.15, 0.2) is 17.5 Å². The standard InChI is InChI=1S/C16H15F3N2O/c1-21(9-10-7-12(17)14(19)13(18)8-10)16(22)15(20)11-5-3-2-4-6-11/h2-8,15H,9,20H2,1H3. The zero-order valence-corrected chi connectivity index (χ0v) is 11.9. The van der Waals surface area contributed by atoms with Crippen LogP contribution in [0.2, 0.25) is 0 Å². The fraction of sp³-hybridized carbons (Fsp3) is 0.188. The lowest BCUT2D eigenvalue weighted by molar-refractivity contribution is -0.132. The summed E-state index contributed by atoms with van der Waals surface area (Å²) in [7, 11) is 1.46. The highest BCUT2D eigenvalue weighted by Crippen LogP contribution is 2.17. The molecule has 22 heavy (non-hydrogen) atoms. The highest BCUT2D eigenvalue weighted by Gasteiger charge is 2.20. The summed E-state index contributed by atoms with van der Waals surface area (Å²) >= 11 is 0. The maximum atomic E-state index is 13.2. The van der Waals surface area contributed by atoms with Crippen LogP contribution in [0.25, 0.3) is 0 Å². The third kappa shape index (κ3) is 3.46. The van der Waals surface area contributed by atoms with Crippen molar-refractivity contribution < 1.29 is 18.0 Å². The number of hydrogen-bond donors (Lipinski definition) is 1. The van der Waals surface area contributed by atoms with Gasteiger partial charge in [0.25, 0.3) is 0 Å². The van der Waals surface area contributed by atoms with E-state index in [2.05, 4.69) is 0 Å². The minimum atomic E-state index is -1.53. The van der Waals surface area contributed by atoms with E-state index in [0.29, 0.717) is 5.56 Å². The number of carbonyl (C=O) groups is 1. The summed E-state index contributed by atoms with van der Waals surface area (Å²) in [5.41, 5.74) is 6.66. The smallest absolute Gasteiger partial charge is 0.244 e. The number of amides is 1. The van der Waals surface area contributed by atoms with E-state index in [1.165, 1.54) is 11.9 Å². The summed E-state index contributed by atoms with van der Waals surface area (Å²) in [5, 5.41) is 0. The SMILES string of the molecule is CN(Cc1cc(F)c(F)c(F)c1)C(=O)C(N)c1ccccc1. The van der Waals surface area contributed by atoms with Crippen LogP contribution in [0.15, 0.2) is 42.5 Å². The van der Waals surface area contributed by atoms with Crippen LogP contribution < -0.4 is 5.73 Å². The number of halogens is 3. The molecule has 116 valence electrons. The Bertz CT molecular complexity index is 653. The second-order valence-electron chi connectivity index (χ2n) is 4.96. The lowest BCUT2D eigenvalue weighted by Gasteiger charge is -2.21. The molecule has 0 fully saturated rings. The average Bonchev–Trinajstić information content (AvgIpc) is 2.51. The fourth-order valence-electron chi connectivity index (χ4n) is 2.09. The van der Waals surface area contributed by atoms with Crippen LogP contribution in [0, 0.1) is 17.5 Å². The second-order valence-corrected chi connectivity index (χ2v) is 4.96. The van der Waals surface area contributed by atoms with E-state index in [1.54, 1.807) is 30.3 Å². The first-order valence-electron chi connectivity index (χ1n) is 6.59. The first-order valence-corrected chi connectivity index (χ1v) is 6.59. The van der Waals surface area contributed by atoms with Crippen molar-refractivity contribution in [2.75, 3.05) is 7.05 Å². The summed E-state index contributed by atoms with van der Waals surface area (Å²) in [4.78, 5) is 13.5. The van der Waals surface area contributed by atoms with Crippen molar-refractivity contribution in [3.8, 4) is 0 Å². The van der Waals surface area contributed by atoms with Gasteiger partial charge in [-0.2, -0.15) is 0 Å². The molecule has 0 saturated heterocycles. The van der Waals surface area contributed by atoms with Gasteiger partial charge in [-0.25, -0.2) is 13.2 Å². The zero-order valence-electron chi connectivity index (χ0n) is 11.9. The molecule has 1 atom stereocenters. The topological polar surface area (TPSA) is 46.3 Å². The van der Waals surface area contributed by atoms with Crippen LogP contribution in [-0.2, 0) is 11.3 Å². The first kappa shape index (κ1) is 16.0. The molecule has 0 radical (unpaired) electrons. The second kappa shape index (κ2) is 6.62. The lowest BCUT2D eigenvalue weighted by atomic mass is 10.1. The molecule has 2 N–H and O–H groups in total. The van der Waals surface area contributed by atoms with Crippen LogP contribution >= 0.6 is 0 Å². The predicted molar refractivity (Wildman–Crippen MR) is 76.2 cm³/mol. The third-order valence-electron chi connectivity index (χ3n) is 3.26. The molecule has 2 aromatic carbocycles. The number of benzene rings is 2. The Labute approximate surface area is 126 Å². The molecule has 0 aliphatic rings. The van der Waals surface area contributed by atoms with Crippen molar-refractivity contribution in [3.05, 3.63) is 71.0 Å².